The van der Waals surface area contributed by atoms with E-state index in [9.17, 15) is 14.9 Å². The fourth-order valence-corrected chi connectivity index (χ4v) is 4.89. The predicted molar refractivity (Wildman–Crippen MR) is 129 cm³/mol. The third kappa shape index (κ3) is 5.07. The van der Waals surface area contributed by atoms with Gasteiger partial charge in [0.05, 0.1) is 18.7 Å². The van der Waals surface area contributed by atoms with Crippen LogP contribution in [0.1, 0.15) is 60.5 Å². The molecule has 0 saturated heterocycles. The maximum absolute atomic E-state index is 11.4. The Labute approximate surface area is 199 Å². The first kappa shape index (κ1) is 23.4. The first-order valence-electron chi connectivity index (χ1n) is 11.8. The van der Waals surface area contributed by atoms with Gasteiger partial charge in [0.2, 0.25) is 6.41 Å². The Bertz CT molecular complexity index is 1210. The van der Waals surface area contributed by atoms with Gasteiger partial charge in [-0.25, -0.2) is 0 Å². The number of aromatic nitrogens is 1. The molecular formula is C27H29N3O4. The number of rotatable bonds is 11. The highest BCUT2D eigenvalue weighted by molar-refractivity contribution is 5.89. The summed E-state index contributed by atoms with van der Waals surface area (Å²) in [6.45, 7) is 1.01. The molecule has 2 N–H and O–H groups in total. The summed E-state index contributed by atoms with van der Waals surface area (Å²) in [6.07, 6.45) is 4.94. The van der Waals surface area contributed by atoms with Gasteiger partial charge in [-0.1, -0.05) is 30.3 Å². The molecule has 1 aliphatic carbocycles. The molecule has 7 nitrogen and oxygen atoms in total. The van der Waals surface area contributed by atoms with Crippen LogP contribution in [-0.4, -0.2) is 28.7 Å². The normalized spacial score (nSPS) is 14.9. The lowest BCUT2D eigenvalue weighted by atomic mass is 9.90. The molecule has 0 fully saturated rings. The number of ether oxygens (including phenoxy) is 1. The van der Waals surface area contributed by atoms with Crippen LogP contribution in [0, 0.1) is 11.3 Å². The fourth-order valence-electron chi connectivity index (χ4n) is 4.89. The van der Waals surface area contributed by atoms with Gasteiger partial charge in [-0.3, -0.25) is 9.59 Å². The quantitative estimate of drug-likeness (QED) is 0.324. The zero-order valence-electron chi connectivity index (χ0n) is 19.1. The van der Waals surface area contributed by atoms with E-state index in [1.54, 1.807) is 0 Å². The number of nitrogens with zero attached hydrogens (tertiary/aromatic N) is 2. The van der Waals surface area contributed by atoms with Crippen molar-refractivity contribution in [2.45, 2.75) is 57.5 Å². The number of hydrogen-bond acceptors (Lipinski definition) is 4. The Kier molecular flexibility index (Phi) is 7.48. The van der Waals surface area contributed by atoms with Crippen molar-refractivity contribution in [2.24, 2.45) is 0 Å². The van der Waals surface area contributed by atoms with Gasteiger partial charge in [0.25, 0.3) is 0 Å². The lowest BCUT2D eigenvalue weighted by Crippen LogP contribution is -2.24. The molecule has 1 aliphatic rings. The largest absolute Gasteiger partial charge is 0.493 e. The number of hydrogen-bond donors (Lipinski definition) is 2. The summed E-state index contributed by atoms with van der Waals surface area (Å²) in [5.41, 5.74) is 5.55. The van der Waals surface area contributed by atoms with Gasteiger partial charge >= 0.3 is 5.97 Å². The third-order valence-electron chi connectivity index (χ3n) is 6.40. The number of carbonyl (C=O) groups is 2. The average molecular weight is 460 g/mol. The maximum Gasteiger partial charge on any atom is 0.303 e. The van der Waals surface area contributed by atoms with Gasteiger partial charge in [-0.2, -0.15) is 5.26 Å². The average Bonchev–Trinajstić information content (AvgIpc) is 3.14. The minimum atomic E-state index is -0.849. The molecule has 0 radical (unpaired) electrons. The second-order valence-electron chi connectivity index (χ2n) is 8.64. The smallest absolute Gasteiger partial charge is 0.303 e. The van der Waals surface area contributed by atoms with Gasteiger partial charge < -0.3 is 19.7 Å². The Balaban J connectivity index is 1.82. The van der Waals surface area contributed by atoms with Crippen LogP contribution < -0.4 is 10.1 Å². The molecule has 1 amide bonds. The lowest BCUT2D eigenvalue weighted by Gasteiger charge is -2.24. The first-order valence-corrected chi connectivity index (χ1v) is 11.8. The monoisotopic (exact) mass is 459 g/mol. The number of carbonyl (C=O) groups excluding carboxylic acids is 1. The summed E-state index contributed by atoms with van der Waals surface area (Å²) in [5.74, 6) is -0.165. The SMILES string of the molecule is N#CCCc1cc2c(cc1OCCCC(=O)O)c1c(n2Cc2ccccc2)CCCC1NC=O. The molecule has 1 heterocycles. The van der Waals surface area contributed by atoms with Gasteiger partial charge in [0.1, 0.15) is 5.75 Å². The van der Waals surface area contributed by atoms with Crippen LogP contribution in [-0.2, 0) is 29.0 Å². The molecule has 7 heteroatoms. The predicted octanol–water partition coefficient (Wildman–Crippen LogP) is 4.51. The van der Waals surface area contributed by atoms with Crippen molar-refractivity contribution in [2.75, 3.05) is 6.61 Å². The zero-order chi connectivity index (χ0) is 23.9. The molecule has 3 aromatic rings. The minimum Gasteiger partial charge on any atom is -0.493 e. The fraction of sp³-hybridized carbons (Fsp3) is 0.370. The molecule has 2 aromatic carbocycles. The summed E-state index contributed by atoms with van der Waals surface area (Å²) in [6, 6.07) is 16.6. The van der Waals surface area contributed by atoms with Crippen LogP contribution in [0.2, 0.25) is 0 Å². The molecular weight excluding hydrogens is 430 g/mol. The third-order valence-corrected chi connectivity index (χ3v) is 6.40. The Morgan fingerprint density at radius 1 is 1.29 bits per heavy atom. The molecule has 4 rings (SSSR count). The van der Waals surface area contributed by atoms with E-state index in [0.29, 0.717) is 31.6 Å². The van der Waals surface area contributed by atoms with Crippen molar-refractivity contribution in [1.29, 1.82) is 5.26 Å². The summed E-state index contributed by atoms with van der Waals surface area (Å²) in [5, 5.41) is 22.1. The standard InChI is InChI=1S/C27H29N3O4/c28-13-5-9-20-15-24-21(16-25(20)34-14-6-12-26(32)33)27-22(29-18-31)10-4-11-23(27)30(24)17-19-7-2-1-3-8-19/h1-3,7-8,15-16,18,22H,4-6,9-12,14,17H2,(H,29,31)(H,32,33). The second-order valence-corrected chi connectivity index (χ2v) is 8.64. The van der Waals surface area contributed by atoms with Crippen molar-refractivity contribution >= 4 is 23.3 Å². The van der Waals surface area contributed by atoms with Crippen molar-refractivity contribution in [3.05, 3.63) is 64.8 Å². The van der Waals surface area contributed by atoms with Gasteiger partial charge in [0, 0.05) is 41.5 Å². The number of aryl methyl sites for hydroxylation is 1. The number of benzene rings is 2. The molecule has 1 atom stereocenters. The van der Waals surface area contributed by atoms with E-state index >= 15 is 0 Å². The van der Waals surface area contributed by atoms with Gasteiger partial charge in [-0.05, 0) is 55.4 Å². The second kappa shape index (κ2) is 10.9. The zero-order valence-corrected chi connectivity index (χ0v) is 19.1. The van der Waals surface area contributed by atoms with Crippen molar-refractivity contribution < 1.29 is 19.4 Å². The number of nitriles is 1. The van der Waals surface area contributed by atoms with E-state index < -0.39 is 5.97 Å². The van der Waals surface area contributed by atoms with E-state index in [2.05, 4.69) is 34.2 Å². The molecule has 0 bridgehead atoms. The molecule has 0 spiro atoms. The highest BCUT2D eigenvalue weighted by Crippen LogP contribution is 2.41. The Morgan fingerprint density at radius 2 is 2.12 bits per heavy atom. The molecule has 176 valence electrons. The van der Waals surface area contributed by atoms with E-state index in [-0.39, 0.29) is 12.5 Å². The number of nitrogens with one attached hydrogen (secondary N) is 1. The molecule has 34 heavy (non-hydrogen) atoms. The Hall–Kier alpha value is -3.79. The number of carboxylic acid groups (broad SMARTS) is 1. The van der Waals surface area contributed by atoms with Crippen molar-refractivity contribution in [1.82, 2.24) is 9.88 Å². The highest BCUT2D eigenvalue weighted by Gasteiger charge is 2.28. The Morgan fingerprint density at radius 3 is 2.85 bits per heavy atom. The summed E-state index contributed by atoms with van der Waals surface area (Å²) in [4.78, 5) is 22.2. The summed E-state index contributed by atoms with van der Waals surface area (Å²) in [7, 11) is 0. The van der Waals surface area contributed by atoms with E-state index in [1.807, 2.05) is 24.3 Å². The molecule has 0 saturated carbocycles. The molecule has 1 aromatic heterocycles. The summed E-state index contributed by atoms with van der Waals surface area (Å²) < 4.78 is 8.37. The van der Waals surface area contributed by atoms with Crippen LogP contribution >= 0.6 is 0 Å². The number of fused-ring (bicyclic) bond motifs is 3. The van der Waals surface area contributed by atoms with Crippen LogP contribution in [0.25, 0.3) is 10.9 Å². The lowest BCUT2D eigenvalue weighted by molar-refractivity contribution is -0.137. The number of amides is 1. The van der Waals surface area contributed by atoms with Crippen molar-refractivity contribution in [3.63, 3.8) is 0 Å². The van der Waals surface area contributed by atoms with Crippen LogP contribution in [0.4, 0.5) is 0 Å². The maximum atomic E-state index is 11.4. The number of aliphatic carboxylic acids is 1. The van der Waals surface area contributed by atoms with Crippen LogP contribution in [0.3, 0.4) is 0 Å². The van der Waals surface area contributed by atoms with E-state index in [0.717, 1.165) is 54.2 Å². The molecule has 0 aliphatic heterocycles. The first-order chi connectivity index (χ1) is 16.6. The molecule has 1 unspecified atom stereocenters. The van der Waals surface area contributed by atoms with Crippen LogP contribution in [0.5, 0.6) is 5.75 Å². The minimum absolute atomic E-state index is 0.0456. The van der Waals surface area contributed by atoms with Gasteiger partial charge in [0.15, 0.2) is 0 Å². The van der Waals surface area contributed by atoms with E-state index in [1.165, 1.54) is 11.3 Å². The van der Waals surface area contributed by atoms with Crippen LogP contribution in [0.15, 0.2) is 42.5 Å². The summed E-state index contributed by atoms with van der Waals surface area (Å²) >= 11 is 0. The number of carboxylic acids is 1. The topological polar surface area (TPSA) is 104 Å². The highest BCUT2D eigenvalue weighted by atomic mass is 16.5. The van der Waals surface area contributed by atoms with Crippen molar-refractivity contribution in [3.8, 4) is 11.8 Å². The van der Waals surface area contributed by atoms with Gasteiger partial charge in [-0.15, -0.1) is 0 Å². The van der Waals surface area contributed by atoms with E-state index in [4.69, 9.17) is 9.84 Å².